The molecule has 2 nitrogen and oxygen atoms in total. The van der Waals surface area contributed by atoms with Gasteiger partial charge in [-0.15, -0.1) is 0 Å². The Hall–Kier alpha value is -0.890. The third-order valence-corrected chi connectivity index (χ3v) is 4.73. The first kappa shape index (κ1) is 12.2. The number of pyridine rings is 1. The van der Waals surface area contributed by atoms with E-state index in [1.807, 2.05) is 6.20 Å². The minimum absolute atomic E-state index is 0.745. The van der Waals surface area contributed by atoms with Gasteiger partial charge in [-0.25, -0.2) is 0 Å². The fourth-order valence-corrected chi connectivity index (χ4v) is 3.82. The van der Waals surface area contributed by atoms with Crippen molar-refractivity contribution in [2.45, 2.75) is 57.4 Å². The Morgan fingerprint density at radius 1 is 1.33 bits per heavy atom. The van der Waals surface area contributed by atoms with Gasteiger partial charge >= 0.3 is 0 Å². The maximum absolute atomic E-state index is 4.65. The second-order valence-corrected chi connectivity index (χ2v) is 5.92. The van der Waals surface area contributed by atoms with Gasteiger partial charge < -0.3 is 5.32 Å². The summed E-state index contributed by atoms with van der Waals surface area (Å²) in [4.78, 5) is 4.65. The van der Waals surface area contributed by atoms with Crippen LogP contribution < -0.4 is 5.32 Å². The van der Waals surface area contributed by atoms with E-state index in [0.717, 1.165) is 17.9 Å². The molecule has 3 rings (SSSR count). The zero-order chi connectivity index (χ0) is 12.4. The second-order valence-electron chi connectivity index (χ2n) is 5.92. The SMILES string of the molecule is CCCNC1CCC(C2CCc3cccnc32)C1. The lowest BCUT2D eigenvalue weighted by molar-refractivity contribution is 0.408. The molecule has 0 bridgehead atoms. The molecule has 0 radical (unpaired) electrons. The van der Waals surface area contributed by atoms with Crippen LogP contribution in [0, 0.1) is 5.92 Å². The molecule has 98 valence electrons. The molecule has 3 atom stereocenters. The molecule has 1 N–H and O–H groups in total. The van der Waals surface area contributed by atoms with Crippen molar-refractivity contribution in [3.05, 3.63) is 29.6 Å². The Labute approximate surface area is 110 Å². The summed E-state index contributed by atoms with van der Waals surface area (Å²) < 4.78 is 0. The molecule has 18 heavy (non-hydrogen) atoms. The van der Waals surface area contributed by atoms with Crippen LogP contribution in [0.2, 0.25) is 0 Å². The zero-order valence-corrected chi connectivity index (χ0v) is 11.4. The van der Waals surface area contributed by atoms with Gasteiger partial charge in [-0.1, -0.05) is 13.0 Å². The lowest BCUT2D eigenvalue weighted by Gasteiger charge is -2.19. The fourth-order valence-electron chi connectivity index (χ4n) is 3.82. The van der Waals surface area contributed by atoms with Crippen LogP contribution in [0.5, 0.6) is 0 Å². The van der Waals surface area contributed by atoms with Gasteiger partial charge in [0.05, 0.1) is 0 Å². The number of hydrogen-bond donors (Lipinski definition) is 1. The molecule has 0 aromatic carbocycles. The Morgan fingerprint density at radius 2 is 2.28 bits per heavy atom. The van der Waals surface area contributed by atoms with E-state index in [1.165, 1.54) is 56.3 Å². The third-order valence-electron chi connectivity index (χ3n) is 4.73. The van der Waals surface area contributed by atoms with Crippen molar-refractivity contribution in [3.8, 4) is 0 Å². The Balaban J connectivity index is 1.64. The van der Waals surface area contributed by atoms with Crippen molar-refractivity contribution >= 4 is 0 Å². The lowest BCUT2D eigenvalue weighted by Crippen LogP contribution is -2.27. The number of aryl methyl sites for hydroxylation is 1. The predicted molar refractivity (Wildman–Crippen MR) is 74.7 cm³/mol. The van der Waals surface area contributed by atoms with Crippen molar-refractivity contribution in [1.29, 1.82) is 0 Å². The van der Waals surface area contributed by atoms with E-state index in [-0.39, 0.29) is 0 Å². The van der Waals surface area contributed by atoms with Crippen LogP contribution in [0.15, 0.2) is 18.3 Å². The van der Waals surface area contributed by atoms with Gasteiger partial charge in [-0.2, -0.15) is 0 Å². The standard InChI is InChI=1S/C16H24N2/c1-2-9-17-14-7-5-13(11-14)15-8-6-12-4-3-10-18-16(12)15/h3-4,10,13-15,17H,2,5-9,11H2,1H3. The quantitative estimate of drug-likeness (QED) is 0.879. The summed E-state index contributed by atoms with van der Waals surface area (Å²) in [5, 5.41) is 3.69. The molecule has 2 aliphatic carbocycles. The van der Waals surface area contributed by atoms with E-state index >= 15 is 0 Å². The molecule has 0 saturated heterocycles. The lowest BCUT2D eigenvalue weighted by atomic mass is 9.88. The summed E-state index contributed by atoms with van der Waals surface area (Å²) in [7, 11) is 0. The number of aromatic nitrogens is 1. The van der Waals surface area contributed by atoms with Crippen molar-refractivity contribution in [2.75, 3.05) is 6.54 Å². The number of nitrogens with zero attached hydrogens (tertiary/aromatic N) is 1. The molecular formula is C16H24N2. The topological polar surface area (TPSA) is 24.9 Å². The highest BCUT2D eigenvalue weighted by Crippen LogP contribution is 2.44. The fraction of sp³-hybridized carbons (Fsp3) is 0.688. The number of hydrogen-bond acceptors (Lipinski definition) is 2. The molecule has 1 fully saturated rings. The van der Waals surface area contributed by atoms with Gasteiger partial charge in [-0.05, 0) is 62.6 Å². The molecule has 3 unspecified atom stereocenters. The molecule has 1 aromatic rings. The van der Waals surface area contributed by atoms with E-state index in [2.05, 4.69) is 29.4 Å². The second kappa shape index (κ2) is 5.40. The number of nitrogens with one attached hydrogen (secondary N) is 1. The first-order chi connectivity index (χ1) is 8.88. The van der Waals surface area contributed by atoms with Gasteiger partial charge in [0.25, 0.3) is 0 Å². The van der Waals surface area contributed by atoms with Gasteiger partial charge in [0.1, 0.15) is 0 Å². The van der Waals surface area contributed by atoms with E-state index in [0.29, 0.717) is 0 Å². The predicted octanol–water partition coefficient (Wildman–Crippen LogP) is 3.28. The number of fused-ring (bicyclic) bond motifs is 1. The van der Waals surface area contributed by atoms with Crippen LogP contribution in [-0.2, 0) is 6.42 Å². The van der Waals surface area contributed by atoms with E-state index in [9.17, 15) is 0 Å². The van der Waals surface area contributed by atoms with Gasteiger partial charge in [0.15, 0.2) is 0 Å². The molecule has 1 saturated carbocycles. The van der Waals surface area contributed by atoms with Crippen LogP contribution >= 0.6 is 0 Å². The maximum Gasteiger partial charge on any atom is 0.0469 e. The molecule has 2 heteroatoms. The smallest absolute Gasteiger partial charge is 0.0469 e. The van der Waals surface area contributed by atoms with Crippen molar-refractivity contribution < 1.29 is 0 Å². The van der Waals surface area contributed by atoms with Crippen molar-refractivity contribution in [2.24, 2.45) is 5.92 Å². The van der Waals surface area contributed by atoms with E-state index < -0.39 is 0 Å². The minimum atomic E-state index is 0.745. The van der Waals surface area contributed by atoms with E-state index in [4.69, 9.17) is 0 Å². The highest BCUT2D eigenvalue weighted by Gasteiger charge is 2.35. The van der Waals surface area contributed by atoms with Crippen LogP contribution in [0.3, 0.4) is 0 Å². The van der Waals surface area contributed by atoms with Crippen LogP contribution in [0.25, 0.3) is 0 Å². The summed E-state index contributed by atoms with van der Waals surface area (Å²) in [6, 6.07) is 5.12. The highest BCUT2D eigenvalue weighted by molar-refractivity contribution is 5.29. The molecule has 0 spiro atoms. The summed E-state index contributed by atoms with van der Waals surface area (Å²) >= 11 is 0. The maximum atomic E-state index is 4.65. The first-order valence-corrected chi connectivity index (χ1v) is 7.55. The summed E-state index contributed by atoms with van der Waals surface area (Å²) in [5.41, 5.74) is 2.92. The molecular weight excluding hydrogens is 220 g/mol. The van der Waals surface area contributed by atoms with Crippen LogP contribution in [0.1, 0.15) is 56.2 Å². The minimum Gasteiger partial charge on any atom is -0.314 e. The van der Waals surface area contributed by atoms with Crippen molar-refractivity contribution in [3.63, 3.8) is 0 Å². The number of rotatable bonds is 4. The van der Waals surface area contributed by atoms with Crippen LogP contribution in [-0.4, -0.2) is 17.6 Å². The van der Waals surface area contributed by atoms with Crippen molar-refractivity contribution in [1.82, 2.24) is 10.3 Å². The van der Waals surface area contributed by atoms with E-state index in [1.54, 1.807) is 0 Å². The summed E-state index contributed by atoms with van der Waals surface area (Å²) in [5.74, 6) is 1.62. The molecule has 1 aromatic heterocycles. The van der Waals surface area contributed by atoms with Gasteiger partial charge in [0, 0.05) is 23.9 Å². The van der Waals surface area contributed by atoms with Gasteiger partial charge in [0.2, 0.25) is 0 Å². The monoisotopic (exact) mass is 244 g/mol. The van der Waals surface area contributed by atoms with Gasteiger partial charge in [-0.3, -0.25) is 4.98 Å². The molecule has 1 heterocycles. The summed E-state index contributed by atoms with van der Waals surface area (Å²) in [6.07, 6.45) is 9.91. The largest absolute Gasteiger partial charge is 0.314 e. The Bertz CT molecular complexity index is 402. The Morgan fingerprint density at radius 3 is 3.17 bits per heavy atom. The molecule has 2 aliphatic rings. The van der Waals surface area contributed by atoms with Crippen LogP contribution in [0.4, 0.5) is 0 Å². The Kier molecular flexibility index (Phi) is 3.64. The first-order valence-electron chi connectivity index (χ1n) is 7.55. The average molecular weight is 244 g/mol. The zero-order valence-electron chi connectivity index (χ0n) is 11.4. The third kappa shape index (κ3) is 2.31. The average Bonchev–Trinajstić information content (AvgIpc) is 3.02. The highest BCUT2D eigenvalue weighted by atomic mass is 14.9. The molecule has 0 aliphatic heterocycles. The molecule has 0 amide bonds. The summed E-state index contributed by atoms with van der Waals surface area (Å²) in [6.45, 7) is 3.42. The normalized spacial score (nSPS) is 30.6.